The Morgan fingerprint density at radius 1 is 1.19 bits per heavy atom. The molecule has 0 aliphatic rings. The molecule has 0 saturated carbocycles. The van der Waals surface area contributed by atoms with Gasteiger partial charge in [0, 0.05) is 5.69 Å². The smallest absolute Gasteiger partial charge is 0.323 e. The van der Waals surface area contributed by atoms with Gasteiger partial charge in [0.2, 0.25) is 11.9 Å². The molecule has 6 nitrogen and oxygen atoms in total. The molecule has 0 spiro atoms. The maximum Gasteiger partial charge on any atom is 0.323 e. The first-order valence-corrected chi connectivity index (χ1v) is 6.70. The van der Waals surface area contributed by atoms with E-state index in [1.165, 1.54) is 12.1 Å². The van der Waals surface area contributed by atoms with Gasteiger partial charge < -0.3 is 15.8 Å². The molecule has 3 N–H and O–H groups in total. The number of ether oxygens (including phenoxy) is 1. The summed E-state index contributed by atoms with van der Waals surface area (Å²) in [4.78, 5) is 11.8. The summed E-state index contributed by atoms with van der Waals surface area (Å²) >= 11 is 11.4. The van der Waals surface area contributed by atoms with Gasteiger partial charge in [-0.05, 0) is 26.0 Å². The number of anilines is 3. The number of hydrogen-bond donors (Lipinski definition) is 2. The van der Waals surface area contributed by atoms with Gasteiger partial charge in [0.1, 0.15) is 0 Å². The van der Waals surface area contributed by atoms with E-state index >= 15 is 0 Å². The second-order valence-electron chi connectivity index (χ2n) is 4.35. The molecule has 0 unspecified atom stereocenters. The monoisotopic (exact) mass is 331 g/mol. The molecule has 1 aromatic carbocycles. The van der Waals surface area contributed by atoms with E-state index in [4.69, 9.17) is 33.7 Å². The highest BCUT2D eigenvalue weighted by molar-refractivity contribution is 6.35. The number of nitrogens with two attached hydrogens (primary N) is 1. The molecule has 112 valence electrons. The van der Waals surface area contributed by atoms with Crippen LogP contribution in [0.3, 0.4) is 0 Å². The van der Waals surface area contributed by atoms with Crippen LogP contribution in [0.15, 0.2) is 12.1 Å². The molecule has 2 aromatic rings. The van der Waals surface area contributed by atoms with Crippen molar-refractivity contribution >= 4 is 40.8 Å². The van der Waals surface area contributed by atoms with E-state index in [1.54, 1.807) is 0 Å². The minimum atomic E-state index is -0.692. The average Bonchev–Trinajstić information content (AvgIpc) is 2.34. The van der Waals surface area contributed by atoms with E-state index in [2.05, 4.69) is 20.3 Å². The van der Waals surface area contributed by atoms with Crippen molar-refractivity contribution in [2.45, 2.75) is 20.0 Å². The third-order valence-corrected chi connectivity index (χ3v) is 2.76. The van der Waals surface area contributed by atoms with Crippen molar-refractivity contribution < 1.29 is 9.13 Å². The molecule has 0 fully saturated rings. The van der Waals surface area contributed by atoms with Gasteiger partial charge in [0.15, 0.2) is 5.82 Å². The van der Waals surface area contributed by atoms with Gasteiger partial charge in [0.25, 0.3) is 0 Å². The zero-order chi connectivity index (χ0) is 15.6. The minimum Gasteiger partial charge on any atom is -0.461 e. The lowest BCUT2D eigenvalue weighted by atomic mass is 10.3. The molecule has 0 aliphatic heterocycles. The van der Waals surface area contributed by atoms with Crippen LogP contribution in [0.4, 0.5) is 22.0 Å². The van der Waals surface area contributed by atoms with Crippen molar-refractivity contribution in [1.82, 2.24) is 15.0 Å². The Hall–Kier alpha value is -1.86. The van der Waals surface area contributed by atoms with E-state index in [-0.39, 0.29) is 34.1 Å². The van der Waals surface area contributed by atoms with Crippen LogP contribution in [0.5, 0.6) is 6.01 Å². The Balaban J connectivity index is 2.29. The number of benzene rings is 1. The Bertz CT molecular complexity index is 645. The van der Waals surface area contributed by atoms with Crippen LogP contribution in [-0.4, -0.2) is 21.1 Å². The largest absolute Gasteiger partial charge is 0.461 e. The van der Waals surface area contributed by atoms with Crippen LogP contribution in [0.25, 0.3) is 0 Å². The normalized spacial score (nSPS) is 10.8. The quantitative estimate of drug-likeness (QED) is 0.834. The Kier molecular flexibility index (Phi) is 4.64. The Morgan fingerprint density at radius 2 is 1.81 bits per heavy atom. The molecule has 0 bridgehead atoms. The number of hydrogen-bond acceptors (Lipinski definition) is 6. The van der Waals surface area contributed by atoms with Crippen molar-refractivity contribution in [1.29, 1.82) is 0 Å². The molecule has 9 heteroatoms. The SMILES string of the molecule is CC(C)Oc1nc(N)nc(Nc2cc(Cl)c(F)c(Cl)c2)n1. The topological polar surface area (TPSA) is 86.0 Å². The average molecular weight is 332 g/mol. The van der Waals surface area contributed by atoms with Crippen molar-refractivity contribution in [3.63, 3.8) is 0 Å². The fourth-order valence-corrected chi connectivity index (χ4v) is 1.94. The standard InChI is InChI=1S/C12H12Cl2FN5O/c1-5(2)21-12-19-10(16)18-11(20-12)17-6-3-7(13)9(15)8(14)4-6/h3-5H,1-2H3,(H3,16,17,18,19,20). The highest BCUT2D eigenvalue weighted by atomic mass is 35.5. The lowest BCUT2D eigenvalue weighted by Crippen LogP contribution is -2.11. The second kappa shape index (κ2) is 6.28. The van der Waals surface area contributed by atoms with Crippen LogP contribution >= 0.6 is 23.2 Å². The predicted octanol–water partition coefficient (Wildman–Crippen LogP) is 3.43. The van der Waals surface area contributed by atoms with E-state index in [1.807, 2.05) is 13.8 Å². The van der Waals surface area contributed by atoms with Gasteiger partial charge in [0.05, 0.1) is 16.1 Å². The van der Waals surface area contributed by atoms with Gasteiger partial charge in [-0.2, -0.15) is 15.0 Å². The summed E-state index contributed by atoms with van der Waals surface area (Å²) in [5.41, 5.74) is 5.99. The number of nitrogens with one attached hydrogen (secondary N) is 1. The van der Waals surface area contributed by atoms with E-state index in [9.17, 15) is 4.39 Å². The molecular weight excluding hydrogens is 320 g/mol. The summed E-state index contributed by atoms with van der Waals surface area (Å²) in [7, 11) is 0. The molecule has 0 amide bonds. The Morgan fingerprint density at radius 3 is 2.38 bits per heavy atom. The third kappa shape index (κ3) is 4.05. The highest BCUT2D eigenvalue weighted by Crippen LogP contribution is 2.28. The second-order valence-corrected chi connectivity index (χ2v) is 5.16. The van der Waals surface area contributed by atoms with Crippen LogP contribution in [-0.2, 0) is 0 Å². The summed E-state index contributed by atoms with van der Waals surface area (Å²) in [5.74, 6) is -0.567. The maximum atomic E-state index is 13.3. The molecule has 0 saturated heterocycles. The van der Waals surface area contributed by atoms with Crippen LogP contribution < -0.4 is 15.8 Å². The molecule has 0 atom stereocenters. The van der Waals surface area contributed by atoms with E-state index in [0.717, 1.165) is 0 Å². The summed E-state index contributed by atoms with van der Waals surface area (Å²) in [6.45, 7) is 3.65. The summed E-state index contributed by atoms with van der Waals surface area (Å²) in [6, 6.07) is 2.79. The van der Waals surface area contributed by atoms with E-state index in [0.29, 0.717) is 5.69 Å². The van der Waals surface area contributed by atoms with Gasteiger partial charge in [-0.25, -0.2) is 4.39 Å². The first kappa shape index (κ1) is 15.5. The third-order valence-electron chi connectivity index (χ3n) is 2.21. The van der Waals surface area contributed by atoms with Crippen molar-refractivity contribution in [3.05, 3.63) is 28.0 Å². The summed E-state index contributed by atoms with van der Waals surface area (Å²) < 4.78 is 18.7. The molecule has 0 radical (unpaired) electrons. The molecular formula is C12H12Cl2FN5O. The lowest BCUT2D eigenvalue weighted by molar-refractivity contribution is 0.222. The fraction of sp³-hybridized carbons (Fsp3) is 0.250. The lowest BCUT2D eigenvalue weighted by Gasteiger charge is -2.10. The van der Waals surface area contributed by atoms with Crippen molar-refractivity contribution in [3.8, 4) is 6.01 Å². The minimum absolute atomic E-state index is 0.0116. The number of halogens is 3. The van der Waals surface area contributed by atoms with Crippen LogP contribution in [0, 0.1) is 5.82 Å². The number of nitrogens with zero attached hydrogens (tertiary/aromatic N) is 3. The zero-order valence-electron chi connectivity index (χ0n) is 11.2. The van der Waals surface area contributed by atoms with Crippen LogP contribution in [0.1, 0.15) is 13.8 Å². The number of aromatic nitrogens is 3. The molecule has 1 heterocycles. The number of rotatable bonds is 4. The van der Waals surface area contributed by atoms with Gasteiger partial charge >= 0.3 is 6.01 Å². The van der Waals surface area contributed by atoms with Gasteiger partial charge in [-0.3, -0.25) is 0 Å². The van der Waals surface area contributed by atoms with Crippen molar-refractivity contribution in [2.75, 3.05) is 11.1 Å². The van der Waals surface area contributed by atoms with Gasteiger partial charge in [-0.15, -0.1) is 0 Å². The maximum absolute atomic E-state index is 13.3. The zero-order valence-corrected chi connectivity index (χ0v) is 12.7. The summed E-state index contributed by atoms with van der Waals surface area (Å²) in [5, 5.41) is 2.57. The highest BCUT2D eigenvalue weighted by Gasteiger charge is 2.11. The predicted molar refractivity (Wildman–Crippen MR) is 79.7 cm³/mol. The summed E-state index contributed by atoms with van der Waals surface area (Å²) in [6.07, 6.45) is -0.116. The van der Waals surface area contributed by atoms with E-state index < -0.39 is 5.82 Å². The molecule has 21 heavy (non-hydrogen) atoms. The number of nitrogen functional groups attached to an aromatic ring is 1. The van der Waals surface area contributed by atoms with Crippen molar-refractivity contribution in [2.24, 2.45) is 0 Å². The molecule has 0 aliphatic carbocycles. The Labute approximate surface area is 130 Å². The molecule has 1 aromatic heterocycles. The first-order valence-electron chi connectivity index (χ1n) is 5.95. The molecule has 2 rings (SSSR count). The fourth-order valence-electron chi connectivity index (χ4n) is 1.45. The van der Waals surface area contributed by atoms with Crippen LogP contribution in [0.2, 0.25) is 10.0 Å². The first-order chi connectivity index (χ1) is 9.85. The van der Waals surface area contributed by atoms with Gasteiger partial charge in [-0.1, -0.05) is 23.2 Å².